The van der Waals surface area contributed by atoms with Gasteiger partial charge in [-0.1, -0.05) is 0 Å². The van der Waals surface area contributed by atoms with Crippen LogP contribution in [0.4, 0.5) is 0 Å². The van der Waals surface area contributed by atoms with Crippen LogP contribution in [-0.4, -0.2) is 110 Å². The van der Waals surface area contributed by atoms with E-state index in [9.17, 15) is 28.8 Å². The van der Waals surface area contributed by atoms with Gasteiger partial charge in [-0.25, -0.2) is 0 Å². The third-order valence-corrected chi connectivity index (χ3v) is 12.3. The quantitative estimate of drug-likeness (QED) is 0.0808. The first-order chi connectivity index (χ1) is 17.8. The molecule has 0 rings (SSSR count). The van der Waals surface area contributed by atoms with Gasteiger partial charge in [0, 0.05) is 0 Å². The first-order valence-electron chi connectivity index (χ1n) is 11.5. The van der Waals surface area contributed by atoms with E-state index in [4.69, 9.17) is 28.4 Å². The van der Waals surface area contributed by atoms with Crippen molar-refractivity contribution in [2.24, 2.45) is 0 Å². The Balaban J connectivity index is 5.39. The van der Waals surface area contributed by atoms with E-state index in [-0.39, 0.29) is 44.6 Å². The van der Waals surface area contributed by atoms with Crippen molar-refractivity contribution in [1.29, 1.82) is 0 Å². The van der Waals surface area contributed by atoms with Gasteiger partial charge in [0.1, 0.15) is 0 Å². The van der Waals surface area contributed by atoms with Gasteiger partial charge < -0.3 is 0 Å². The van der Waals surface area contributed by atoms with Crippen LogP contribution < -0.4 is 0 Å². The van der Waals surface area contributed by atoms with Crippen molar-refractivity contribution < 1.29 is 57.2 Å². The van der Waals surface area contributed by atoms with Gasteiger partial charge in [-0.3, -0.25) is 0 Å². The molecule has 0 fully saturated rings. The summed E-state index contributed by atoms with van der Waals surface area (Å²) in [5, 5.41) is -0.463. The normalized spacial score (nSPS) is 13.9. The van der Waals surface area contributed by atoms with Crippen molar-refractivity contribution in [1.82, 2.24) is 0 Å². The van der Waals surface area contributed by atoms with Crippen LogP contribution in [0, 0.1) is 0 Å². The molecule has 0 heterocycles. The maximum atomic E-state index is 12.7. The average Bonchev–Trinajstić information content (AvgIpc) is 2.81. The molecule has 12 nitrogen and oxygen atoms in total. The van der Waals surface area contributed by atoms with Gasteiger partial charge in [0.25, 0.3) is 0 Å². The van der Waals surface area contributed by atoms with Gasteiger partial charge in [0.05, 0.1) is 0 Å². The number of thiol groups is 3. The van der Waals surface area contributed by atoms with Crippen LogP contribution in [0.25, 0.3) is 0 Å². The molecule has 217 valence electrons. The minimum absolute atomic E-state index is 0.0826. The zero-order chi connectivity index (χ0) is 29.3. The number of ether oxygens (including phenoxy) is 6. The molecular weight excluding hydrogens is 671 g/mol. The monoisotopic (exact) mass is 707 g/mol. The van der Waals surface area contributed by atoms with Crippen molar-refractivity contribution in [3.05, 3.63) is 0 Å². The number of rotatable bonds is 18. The van der Waals surface area contributed by atoms with Gasteiger partial charge >= 0.3 is 247 Å². The molecule has 0 aromatic rings. The first-order valence-corrected chi connectivity index (χ1v) is 19.3. The molecule has 0 bridgehead atoms. The van der Waals surface area contributed by atoms with E-state index in [0.717, 1.165) is 0 Å². The predicted octanol–water partition coefficient (Wildman–Crippen LogP) is 1.08. The molecule has 4 unspecified atom stereocenters. The zero-order valence-electron chi connectivity index (χ0n) is 21.7. The van der Waals surface area contributed by atoms with Gasteiger partial charge in [-0.2, -0.15) is 0 Å². The van der Waals surface area contributed by atoms with Gasteiger partial charge in [-0.15, -0.1) is 0 Å². The molecule has 0 saturated heterocycles. The van der Waals surface area contributed by atoms with Gasteiger partial charge in [0.15, 0.2) is 0 Å². The van der Waals surface area contributed by atoms with Gasteiger partial charge in [-0.05, 0) is 0 Å². The second-order valence-electron chi connectivity index (χ2n) is 8.05. The van der Waals surface area contributed by atoms with Crippen molar-refractivity contribution in [3.63, 3.8) is 0 Å². The molecule has 0 amide bonds. The Kier molecular flexibility index (Phi) is 19.8. The van der Waals surface area contributed by atoms with Crippen LogP contribution in [0.1, 0.15) is 27.7 Å². The molecule has 16 heteroatoms. The van der Waals surface area contributed by atoms with Crippen LogP contribution in [0.2, 0.25) is 13.3 Å². The second kappa shape index (κ2) is 20.6. The maximum absolute atomic E-state index is 12.7. The Hall–Kier alpha value is -1.33. The molecule has 0 saturated carbocycles. The summed E-state index contributed by atoms with van der Waals surface area (Å²) in [5.41, 5.74) is 0. The van der Waals surface area contributed by atoms with Crippen molar-refractivity contribution >= 4 is 93.5 Å². The number of hydrogen-bond acceptors (Lipinski definition) is 15. The van der Waals surface area contributed by atoms with Crippen molar-refractivity contribution in [2.75, 3.05) is 31.3 Å². The van der Waals surface area contributed by atoms with Crippen molar-refractivity contribution in [2.45, 2.75) is 64.6 Å². The third kappa shape index (κ3) is 18.8. The number of carbonyl (C=O) groups excluding carboxylic acids is 6. The molecule has 0 N–H and O–H groups in total. The standard InChI is InChI=1S/C8H13O4S.2C7H11O4S.Sn/c1-5(13)8(12-7(3)10)4-11-6(2)9;2*1-5(8)10-3-7(4-12)11-6(2)9;/h5,8,13H,3-4H2,1-2H3;2*7,12H,2-4H2,1H3;. The molecule has 0 spiro atoms. The van der Waals surface area contributed by atoms with E-state index in [1.807, 2.05) is 0 Å². The van der Waals surface area contributed by atoms with Crippen LogP contribution >= 0.6 is 37.9 Å². The fourth-order valence-corrected chi connectivity index (χ4v) is 8.39. The van der Waals surface area contributed by atoms with Crippen LogP contribution in [-0.2, 0) is 57.2 Å². The summed E-state index contributed by atoms with van der Waals surface area (Å²) in [6, 6.07) is 0. The van der Waals surface area contributed by atoms with E-state index >= 15 is 0 Å². The number of esters is 6. The fourth-order valence-electron chi connectivity index (χ4n) is 2.61. The van der Waals surface area contributed by atoms with Crippen molar-refractivity contribution in [3.8, 4) is 0 Å². The Morgan fingerprint density at radius 1 is 0.632 bits per heavy atom. The molecule has 0 aromatic carbocycles. The van der Waals surface area contributed by atoms with E-state index in [2.05, 4.69) is 37.9 Å². The summed E-state index contributed by atoms with van der Waals surface area (Å²) in [5.74, 6) is -3.55. The molecule has 0 aliphatic carbocycles. The molecule has 1 radical (unpaired) electrons. The Morgan fingerprint density at radius 2 is 0.974 bits per heavy atom. The summed E-state index contributed by atoms with van der Waals surface area (Å²) >= 11 is 9.14. The van der Waals surface area contributed by atoms with E-state index in [1.165, 1.54) is 20.8 Å². The molecule has 38 heavy (non-hydrogen) atoms. The second-order valence-corrected chi connectivity index (χ2v) is 16.9. The van der Waals surface area contributed by atoms with Crippen LogP contribution in [0.15, 0.2) is 0 Å². The van der Waals surface area contributed by atoms with E-state index in [0.29, 0.717) is 0 Å². The Morgan fingerprint density at radius 3 is 1.29 bits per heavy atom. The summed E-state index contributed by atoms with van der Waals surface area (Å²) in [7, 11) is 0. The third-order valence-electron chi connectivity index (χ3n) is 4.40. The average molecular weight is 706 g/mol. The minimum atomic E-state index is -3.27. The number of carbonyl (C=O) groups is 6. The predicted molar refractivity (Wildman–Crippen MR) is 146 cm³/mol. The molecule has 4 atom stereocenters. The Bertz CT molecular complexity index is 768. The number of hydrogen-bond donors (Lipinski definition) is 3. The summed E-state index contributed by atoms with van der Waals surface area (Å²) in [6.07, 6.45) is -2.46. The fraction of sp³-hybridized carbons (Fsp3) is 0.727. The Labute approximate surface area is 245 Å². The summed E-state index contributed by atoms with van der Waals surface area (Å²) in [6.45, 7) is 4.70. The molecular formula is C22H35O12S3Sn. The van der Waals surface area contributed by atoms with Crippen LogP contribution in [0.5, 0.6) is 0 Å². The zero-order valence-corrected chi connectivity index (χ0v) is 27.2. The molecule has 0 aliphatic heterocycles. The van der Waals surface area contributed by atoms with Crippen LogP contribution in [0.3, 0.4) is 0 Å². The van der Waals surface area contributed by atoms with E-state index in [1.54, 1.807) is 6.92 Å². The van der Waals surface area contributed by atoms with E-state index < -0.39 is 79.1 Å². The summed E-state index contributed by atoms with van der Waals surface area (Å²) in [4.78, 5) is 71.1. The molecule has 0 aliphatic rings. The summed E-state index contributed by atoms with van der Waals surface area (Å²) < 4.78 is 30.1. The topological polar surface area (TPSA) is 158 Å². The van der Waals surface area contributed by atoms with Gasteiger partial charge in [0.2, 0.25) is 0 Å². The SMILES string of the molecule is CC(=O)OCC(CS)OC(=O)[CH2][Sn]([CH2]C(=O)OC(CS)COC(C)=O)[CH2]C(=O)OC(COC(C)=O)C(C)S. The first kappa shape index (κ1) is 36.7. The molecule has 0 aromatic heterocycles.